The van der Waals surface area contributed by atoms with Gasteiger partial charge in [-0.2, -0.15) is 5.10 Å². The van der Waals surface area contributed by atoms with Crippen LogP contribution in [0.1, 0.15) is 21.5 Å². The standard InChI is InChI=1S/C23H21ClN2O4/c1-28-21-5-3-4-18(22(21)29-2)14-25-26-23(27)17-8-6-16(7-9-17)15-30-20-12-10-19(24)11-13-20/h3-14H,15H2,1-2H3,(H,26,27)/b25-14+. The zero-order valence-electron chi connectivity index (χ0n) is 16.6. The summed E-state index contributed by atoms with van der Waals surface area (Å²) < 4.78 is 16.3. The number of carbonyl (C=O) groups is 1. The first-order valence-corrected chi connectivity index (χ1v) is 9.50. The van der Waals surface area contributed by atoms with E-state index in [1.54, 1.807) is 56.7 Å². The van der Waals surface area contributed by atoms with Gasteiger partial charge in [0.05, 0.1) is 20.4 Å². The fourth-order valence-corrected chi connectivity index (χ4v) is 2.81. The maximum Gasteiger partial charge on any atom is 0.271 e. The van der Waals surface area contributed by atoms with Crippen LogP contribution in [0, 0.1) is 0 Å². The molecule has 0 fully saturated rings. The molecule has 0 aromatic heterocycles. The topological polar surface area (TPSA) is 69.2 Å². The number of hydrazone groups is 1. The molecule has 0 spiro atoms. The van der Waals surface area contributed by atoms with Gasteiger partial charge in [-0.25, -0.2) is 5.43 Å². The number of benzene rings is 3. The molecule has 154 valence electrons. The summed E-state index contributed by atoms with van der Waals surface area (Å²) in [4.78, 5) is 12.3. The second-order valence-electron chi connectivity index (χ2n) is 6.22. The molecule has 0 saturated carbocycles. The first-order chi connectivity index (χ1) is 14.6. The summed E-state index contributed by atoms with van der Waals surface area (Å²) in [6.45, 7) is 0.386. The lowest BCUT2D eigenvalue weighted by Crippen LogP contribution is -2.17. The molecule has 3 aromatic rings. The molecular weight excluding hydrogens is 404 g/mol. The van der Waals surface area contributed by atoms with Gasteiger partial charge >= 0.3 is 0 Å². The van der Waals surface area contributed by atoms with E-state index in [0.29, 0.717) is 34.3 Å². The average Bonchev–Trinajstić information content (AvgIpc) is 2.78. The molecule has 0 aliphatic carbocycles. The molecule has 30 heavy (non-hydrogen) atoms. The number of nitrogens with one attached hydrogen (secondary N) is 1. The van der Waals surface area contributed by atoms with E-state index in [-0.39, 0.29) is 5.91 Å². The molecule has 3 rings (SSSR count). The lowest BCUT2D eigenvalue weighted by Gasteiger charge is -2.09. The van der Waals surface area contributed by atoms with E-state index in [1.807, 2.05) is 24.3 Å². The number of rotatable bonds is 8. The predicted molar refractivity (Wildman–Crippen MR) is 117 cm³/mol. The Labute approximate surface area is 180 Å². The van der Waals surface area contributed by atoms with Crippen molar-refractivity contribution >= 4 is 23.7 Å². The van der Waals surface area contributed by atoms with Crippen LogP contribution in [0.25, 0.3) is 0 Å². The minimum atomic E-state index is -0.321. The van der Waals surface area contributed by atoms with Gasteiger partial charge in [-0.15, -0.1) is 0 Å². The molecule has 0 unspecified atom stereocenters. The van der Waals surface area contributed by atoms with Gasteiger partial charge in [0.1, 0.15) is 12.4 Å². The van der Waals surface area contributed by atoms with Crippen LogP contribution in [0.2, 0.25) is 5.02 Å². The lowest BCUT2D eigenvalue weighted by atomic mass is 10.1. The molecule has 0 aliphatic rings. The van der Waals surface area contributed by atoms with E-state index in [1.165, 1.54) is 6.21 Å². The Morgan fingerprint density at radius 1 is 1.00 bits per heavy atom. The van der Waals surface area contributed by atoms with Crippen LogP contribution in [0.4, 0.5) is 0 Å². The van der Waals surface area contributed by atoms with Crippen LogP contribution < -0.4 is 19.6 Å². The quantitative estimate of drug-likeness (QED) is 0.420. The SMILES string of the molecule is COc1cccc(/C=N/NC(=O)c2ccc(COc3ccc(Cl)cc3)cc2)c1OC. The summed E-state index contributed by atoms with van der Waals surface area (Å²) in [6, 6.07) is 19.7. The number of amides is 1. The largest absolute Gasteiger partial charge is 0.493 e. The first kappa shape index (κ1) is 21.2. The summed E-state index contributed by atoms with van der Waals surface area (Å²) in [6.07, 6.45) is 1.51. The van der Waals surface area contributed by atoms with Crippen LogP contribution in [-0.2, 0) is 6.61 Å². The normalized spacial score (nSPS) is 10.6. The van der Waals surface area contributed by atoms with Crippen molar-refractivity contribution in [3.8, 4) is 17.2 Å². The minimum absolute atomic E-state index is 0.321. The Morgan fingerprint density at radius 3 is 2.40 bits per heavy atom. The van der Waals surface area contributed by atoms with Crippen molar-refractivity contribution in [2.75, 3.05) is 14.2 Å². The highest BCUT2D eigenvalue weighted by molar-refractivity contribution is 6.30. The van der Waals surface area contributed by atoms with Gasteiger partial charge in [-0.05, 0) is 54.1 Å². The van der Waals surface area contributed by atoms with Crippen molar-refractivity contribution < 1.29 is 19.0 Å². The molecule has 0 bridgehead atoms. The third-order valence-electron chi connectivity index (χ3n) is 4.24. The Balaban J connectivity index is 1.57. The maximum atomic E-state index is 12.3. The monoisotopic (exact) mass is 424 g/mol. The molecule has 3 aromatic carbocycles. The molecule has 0 radical (unpaired) electrons. The molecule has 7 heteroatoms. The van der Waals surface area contributed by atoms with E-state index < -0.39 is 0 Å². The van der Waals surface area contributed by atoms with Crippen molar-refractivity contribution in [2.24, 2.45) is 5.10 Å². The highest BCUT2D eigenvalue weighted by Gasteiger charge is 2.08. The van der Waals surface area contributed by atoms with E-state index in [9.17, 15) is 4.79 Å². The van der Waals surface area contributed by atoms with Crippen LogP contribution >= 0.6 is 11.6 Å². The highest BCUT2D eigenvalue weighted by Crippen LogP contribution is 2.29. The number of halogens is 1. The smallest absolute Gasteiger partial charge is 0.271 e. The Kier molecular flexibility index (Phi) is 7.29. The van der Waals surface area contributed by atoms with Crippen molar-refractivity contribution in [1.82, 2.24) is 5.43 Å². The highest BCUT2D eigenvalue weighted by atomic mass is 35.5. The van der Waals surface area contributed by atoms with E-state index in [4.69, 9.17) is 25.8 Å². The Hall–Kier alpha value is -3.51. The predicted octanol–water partition coefficient (Wildman–Crippen LogP) is 4.70. The van der Waals surface area contributed by atoms with Gasteiger partial charge < -0.3 is 14.2 Å². The van der Waals surface area contributed by atoms with Gasteiger partial charge in [-0.3, -0.25) is 4.79 Å². The molecular formula is C23H21ClN2O4. The Bertz CT molecular complexity index is 1020. The Morgan fingerprint density at radius 2 is 1.73 bits per heavy atom. The van der Waals surface area contributed by atoms with Gasteiger partial charge in [0.25, 0.3) is 5.91 Å². The van der Waals surface area contributed by atoms with Crippen LogP contribution in [0.15, 0.2) is 71.8 Å². The molecule has 0 saturated heterocycles. The summed E-state index contributed by atoms with van der Waals surface area (Å²) in [5.41, 5.74) is 4.62. The van der Waals surface area contributed by atoms with E-state index >= 15 is 0 Å². The van der Waals surface area contributed by atoms with Crippen molar-refractivity contribution in [3.05, 3.63) is 88.4 Å². The summed E-state index contributed by atoms with van der Waals surface area (Å²) in [5.74, 6) is 1.54. The summed E-state index contributed by atoms with van der Waals surface area (Å²) >= 11 is 5.86. The van der Waals surface area contributed by atoms with Gasteiger partial charge in [-0.1, -0.05) is 29.8 Å². The number of ether oxygens (including phenoxy) is 3. The zero-order chi connectivity index (χ0) is 21.3. The van der Waals surface area contributed by atoms with E-state index in [0.717, 1.165) is 11.3 Å². The fraction of sp³-hybridized carbons (Fsp3) is 0.130. The number of hydrogen-bond acceptors (Lipinski definition) is 5. The molecule has 1 N–H and O–H groups in total. The van der Waals surface area contributed by atoms with E-state index in [2.05, 4.69) is 10.5 Å². The maximum absolute atomic E-state index is 12.3. The molecule has 0 heterocycles. The van der Waals surface area contributed by atoms with Gasteiger partial charge in [0.15, 0.2) is 11.5 Å². The molecule has 0 atom stereocenters. The van der Waals surface area contributed by atoms with Crippen LogP contribution in [0.5, 0.6) is 17.2 Å². The number of para-hydroxylation sites is 1. The number of methoxy groups -OCH3 is 2. The van der Waals surface area contributed by atoms with Gasteiger partial charge in [0.2, 0.25) is 0 Å². The van der Waals surface area contributed by atoms with Crippen molar-refractivity contribution in [1.29, 1.82) is 0 Å². The fourth-order valence-electron chi connectivity index (χ4n) is 2.69. The minimum Gasteiger partial charge on any atom is -0.493 e. The third kappa shape index (κ3) is 5.52. The van der Waals surface area contributed by atoms with Crippen molar-refractivity contribution in [3.63, 3.8) is 0 Å². The molecule has 0 aliphatic heterocycles. The second-order valence-corrected chi connectivity index (χ2v) is 6.66. The number of carbonyl (C=O) groups excluding carboxylic acids is 1. The van der Waals surface area contributed by atoms with Crippen LogP contribution in [0.3, 0.4) is 0 Å². The van der Waals surface area contributed by atoms with Crippen molar-refractivity contribution in [2.45, 2.75) is 6.61 Å². The first-order valence-electron chi connectivity index (χ1n) is 9.12. The lowest BCUT2D eigenvalue weighted by molar-refractivity contribution is 0.0955. The second kappa shape index (κ2) is 10.3. The molecule has 1 amide bonds. The number of hydrogen-bond donors (Lipinski definition) is 1. The number of nitrogens with zero attached hydrogens (tertiary/aromatic N) is 1. The summed E-state index contributed by atoms with van der Waals surface area (Å²) in [7, 11) is 3.11. The zero-order valence-corrected chi connectivity index (χ0v) is 17.3. The third-order valence-corrected chi connectivity index (χ3v) is 4.49. The molecule has 6 nitrogen and oxygen atoms in total. The van der Waals surface area contributed by atoms with Gasteiger partial charge in [0, 0.05) is 16.1 Å². The average molecular weight is 425 g/mol. The summed E-state index contributed by atoms with van der Waals surface area (Å²) in [5, 5.41) is 4.67. The van der Waals surface area contributed by atoms with Crippen LogP contribution in [-0.4, -0.2) is 26.3 Å².